The van der Waals surface area contributed by atoms with Crippen molar-refractivity contribution in [2.45, 2.75) is 19.4 Å². The Labute approximate surface area is 108 Å². The number of ether oxygens (including phenoxy) is 1. The van der Waals surface area contributed by atoms with Crippen molar-refractivity contribution in [3.63, 3.8) is 0 Å². The topological polar surface area (TPSA) is 35.2 Å². The van der Waals surface area contributed by atoms with E-state index < -0.39 is 0 Å². The van der Waals surface area contributed by atoms with Crippen LogP contribution in [-0.2, 0) is 0 Å². The van der Waals surface area contributed by atoms with Gasteiger partial charge in [-0.1, -0.05) is 42.5 Å². The summed E-state index contributed by atoms with van der Waals surface area (Å²) < 4.78 is 6.04. The summed E-state index contributed by atoms with van der Waals surface area (Å²) in [6, 6.07) is 18.3. The first-order chi connectivity index (χ1) is 8.79. The molecule has 0 aliphatic carbocycles. The number of nitrogens with two attached hydrogens (primary N) is 1. The summed E-state index contributed by atoms with van der Waals surface area (Å²) in [5, 5.41) is 0. The van der Waals surface area contributed by atoms with Crippen LogP contribution < -0.4 is 10.5 Å². The Hall–Kier alpha value is -1.80. The second-order valence-corrected chi connectivity index (χ2v) is 4.41. The molecule has 0 saturated carbocycles. The smallest absolute Gasteiger partial charge is 0.125 e. The molecular weight excluding hydrogens is 222 g/mol. The van der Waals surface area contributed by atoms with E-state index in [0.717, 1.165) is 12.2 Å². The van der Waals surface area contributed by atoms with Crippen molar-refractivity contribution < 1.29 is 4.74 Å². The van der Waals surface area contributed by atoms with Crippen molar-refractivity contribution in [3.8, 4) is 5.75 Å². The van der Waals surface area contributed by atoms with Crippen LogP contribution in [0.3, 0.4) is 0 Å². The Balaban J connectivity index is 2.16. The number of hydrogen-bond donors (Lipinski definition) is 1. The van der Waals surface area contributed by atoms with Gasteiger partial charge in [-0.25, -0.2) is 0 Å². The Morgan fingerprint density at radius 2 is 1.83 bits per heavy atom. The second-order valence-electron chi connectivity index (χ2n) is 4.41. The van der Waals surface area contributed by atoms with Crippen molar-refractivity contribution in [1.82, 2.24) is 0 Å². The van der Waals surface area contributed by atoms with Gasteiger partial charge in [-0.3, -0.25) is 0 Å². The van der Waals surface area contributed by atoms with Crippen LogP contribution in [0.2, 0.25) is 0 Å². The predicted octanol–water partition coefficient (Wildman–Crippen LogP) is 3.46. The van der Waals surface area contributed by atoms with Gasteiger partial charge < -0.3 is 10.5 Å². The molecule has 0 aliphatic rings. The van der Waals surface area contributed by atoms with E-state index in [1.807, 2.05) is 36.4 Å². The van der Waals surface area contributed by atoms with Gasteiger partial charge in [0.1, 0.15) is 11.9 Å². The van der Waals surface area contributed by atoms with Crippen LogP contribution in [0, 0.1) is 6.92 Å². The summed E-state index contributed by atoms with van der Waals surface area (Å²) in [6.45, 7) is 2.68. The summed E-state index contributed by atoms with van der Waals surface area (Å²) >= 11 is 0. The first-order valence-electron chi connectivity index (χ1n) is 6.28. The average molecular weight is 241 g/mol. The van der Waals surface area contributed by atoms with Gasteiger partial charge in [-0.15, -0.1) is 0 Å². The highest BCUT2D eigenvalue weighted by atomic mass is 16.5. The number of benzene rings is 2. The molecule has 2 aromatic rings. The third kappa shape index (κ3) is 3.34. The summed E-state index contributed by atoms with van der Waals surface area (Å²) in [6.07, 6.45) is 0.843. The molecule has 0 amide bonds. The molecule has 0 heterocycles. The standard InChI is InChI=1S/C16H19NO/c1-13-6-5-9-15(12-13)18-16(10-11-17)14-7-3-2-4-8-14/h2-9,12,16H,10-11,17H2,1H3. The van der Waals surface area contributed by atoms with Gasteiger partial charge in [-0.05, 0) is 36.7 Å². The highest BCUT2D eigenvalue weighted by molar-refractivity contribution is 5.29. The Kier molecular flexibility index (Phi) is 4.37. The molecule has 18 heavy (non-hydrogen) atoms. The van der Waals surface area contributed by atoms with Crippen LogP contribution in [0.25, 0.3) is 0 Å². The minimum Gasteiger partial charge on any atom is -0.486 e. The molecule has 2 aromatic carbocycles. The van der Waals surface area contributed by atoms with Gasteiger partial charge in [-0.2, -0.15) is 0 Å². The van der Waals surface area contributed by atoms with Crippen molar-refractivity contribution in [1.29, 1.82) is 0 Å². The zero-order valence-corrected chi connectivity index (χ0v) is 10.7. The first kappa shape index (κ1) is 12.7. The summed E-state index contributed by atoms with van der Waals surface area (Å²) in [5.41, 5.74) is 8.04. The van der Waals surface area contributed by atoms with Gasteiger partial charge in [0.25, 0.3) is 0 Å². The maximum atomic E-state index is 6.04. The minimum absolute atomic E-state index is 0.0259. The van der Waals surface area contributed by atoms with Crippen molar-refractivity contribution in [2.24, 2.45) is 5.73 Å². The molecule has 2 nitrogen and oxygen atoms in total. The lowest BCUT2D eigenvalue weighted by molar-refractivity contribution is 0.197. The normalized spacial score (nSPS) is 12.1. The number of rotatable bonds is 5. The van der Waals surface area contributed by atoms with Crippen molar-refractivity contribution in [2.75, 3.05) is 6.54 Å². The molecule has 0 aliphatic heterocycles. The molecule has 0 fully saturated rings. The molecule has 2 heteroatoms. The molecular formula is C16H19NO. The van der Waals surface area contributed by atoms with E-state index in [9.17, 15) is 0 Å². The molecule has 0 bridgehead atoms. The van der Waals surface area contributed by atoms with Crippen LogP contribution in [0.5, 0.6) is 5.75 Å². The van der Waals surface area contributed by atoms with E-state index in [-0.39, 0.29) is 6.10 Å². The zero-order chi connectivity index (χ0) is 12.8. The lowest BCUT2D eigenvalue weighted by Crippen LogP contribution is -2.13. The average Bonchev–Trinajstić information content (AvgIpc) is 2.39. The fraction of sp³-hybridized carbons (Fsp3) is 0.250. The molecule has 94 valence electrons. The second kappa shape index (κ2) is 6.22. The summed E-state index contributed by atoms with van der Waals surface area (Å²) in [4.78, 5) is 0. The molecule has 0 spiro atoms. The molecule has 0 aromatic heterocycles. The number of hydrogen-bond acceptors (Lipinski definition) is 2. The van der Waals surface area contributed by atoms with Gasteiger partial charge in [0.15, 0.2) is 0 Å². The maximum Gasteiger partial charge on any atom is 0.125 e. The van der Waals surface area contributed by atoms with Gasteiger partial charge in [0, 0.05) is 6.42 Å². The molecule has 1 atom stereocenters. The van der Waals surface area contributed by atoms with Gasteiger partial charge in [0.05, 0.1) is 0 Å². The van der Waals surface area contributed by atoms with Gasteiger partial charge in [0.2, 0.25) is 0 Å². The molecule has 2 rings (SSSR count). The molecule has 1 unspecified atom stereocenters. The van der Waals surface area contributed by atoms with Crippen molar-refractivity contribution in [3.05, 3.63) is 65.7 Å². The van der Waals surface area contributed by atoms with Crippen LogP contribution in [-0.4, -0.2) is 6.54 Å². The Bertz CT molecular complexity index is 481. The predicted molar refractivity (Wildman–Crippen MR) is 74.7 cm³/mol. The molecule has 0 saturated heterocycles. The van der Waals surface area contributed by atoms with E-state index in [4.69, 9.17) is 10.5 Å². The third-order valence-electron chi connectivity index (χ3n) is 2.87. The first-order valence-corrected chi connectivity index (χ1v) is 6.28. The molecule has 2 N–H and O–H groups in total. The van der Waals surface area contributed by atoms with E-state index in [1.165, 1.54) is 11.1 Å². The molecule has 0 radical (unpaired) electrons. The highest BCUT2D eigenvalue weighted by Gasteiger charge is 2.12. The third-order valence-corrected chi connectivity index (χ3v) is 2.87. The van der Waals surface area contributed by atoms with Crippen LogP contribution >= 0.6 is 0 Å². The van der Waals surface area contributed by atoms with Crippen LogP contribution in [0.1, 0.15) is 23.7 Å². The quantitative estimate of drug-likeness (QED) is 0.870. The fourth-order valence-corrected chi connectivity index (χ4v) is 1.97. The van der Waals surface area contributed by atoms with Gasteiger partial charge >= 0.3 is 0 Å². The van der Waals surface area contributed by atoms with Crippen molar-refractivity contribution >= 4 is 0 Å². The summed E-state index contributed by atoms with van der Waals surface area (Å²) in [5.74, 6) is 0.900. The zero-order valence-electron chi connectivity index (χ0n) is 10.7. The number of aryl methyl sites for hydroxylation is 1. The maximum absolute atomic E-state index is 6.04. The van der Waals surface area contributed by atoms with E-state index in [2.05, 4.69) is 25.1 Å². The Morgan fingerprint density at radius 3 is 2.50 bits per heavy atom. The van der Waals surface area contributed by atoms with E-state index in [1.54, 1.807) is 0 Å². The monoisotopic (exact) mass is 241 g/mol. The van der Waals surface area contributed by atoms with E-state index in [0.29, 0.717) is 6.54 Å². The summed E-state index contributed by atoms with van der Waals surface area (Å²) in [7, 11) is 0. The van der Waals surface area contributed by atoms with Crippen LogP contribution in [0.15, 0.2) is 54.6 Å². The van der Waals surface area contributed by atoms with E-state index >= 15 is 0 Å². The highest BCUT2D eigenvalue weighted by Crippen LogP contribution is 2.24. The SMILES string of the molecule is Cc1cccc(OC(CCN)c2ccccc2)c1. The fourth-order valence-electron chi connectivity index (χ4n) is 1.97. The van der Waals surface area contributed by atoms with Crippen LogP contribution in [0.4, 0.5) is 0 Å². The minimum atomic E-state index is 0.0259. The Morgan fingerprint density at radius 1 is 1.06 bits per heavy atom. The lowest BCUT2D eigenvalue weighted by Gasteiger charge is -2.19. The largest absolute Gasteiger partial charge is 0.486 e. The lowest BCUT2D eigenvalue weighted by atomic mass is 10.1.